The molecule has 1 amide bonds. The van der Waals surface area contributed by atoms with Crippen LogP contribution in [0.3, 0.4) is 0 Å². The Hall–Kier alpha value is -2.53. The Morgan fingerprint density at radius 2 is 2.04 bits per heavy atom. The summed E-state index contributed by atoms with van der Waals surface area (Å²) in [7, 11) is 0. The van der Waals surface area contributed by atoms with Gasteiger partial charge in [-0.25, -0.2) is 0 Å². The van der Waals surface area contributed by atoms with E-state index in [-0.39, 0.29) is 12.0 Å². The highest BCUT2D eigenvalue weighted by atomic mass is 16.5. The van der Waals surface area contributed by atoms with Crippen molar-refractivity contribution in [2.45, 2.75) is 38.9 Å². The third-order valence-electron chi connectivity index (χ3n) is 4.26. The van der Waals surface area contributed by atoms with Gasteiger partial charge in [-0.3, -0.25) is 4.79 Å². The number of carbonyl (C=O) groups excluding carboxylic acids is 1. The minimum Gasteiger partial charge on any atom is -0.491 e. The number of benzene rings is 2. The van der Waals surface area contributed by atoms with Crippen LogP contribution in [0.5, 0.6) is 11.5 Å². The van der Waals surface area contributed by atoms with E-state index in [9.17, 15) is 4.79 Å². The molecule has 0 radical (unpaired) electrons. The van der Waals surface area contributed by atoms with E-state index in [1.165, 1.54) is 0 Å². The predicted molar refractivity (Wildman–Crippen MR) is 101 cm³/mol. The quantitative estimate of drug-likeness (QED) is 0.817. The van der Waals surface area contributed by atoms with Gasteiger partial charge in [0.05, 0.1) is 6.10 Å². The molecule has 1 N–H and O–H groups in total. The first-order chi connectivity index (χ1) is 12.6. The van der Waals surface area contributed by atoms with Crippen molar-refractivity contribution in [3.8, 4) is 11.5 Å². The zero-order valence-electron chi connectivity index (χ0n) is 15.2. The van der Waals surface area contributed by atoms with Gasteiger partial charge in [0.15, 0.2) is 6.10 Å². The van der Waals surface area contributed by atoms with Gasteiger partial charge in [0.1, 0.15) is 18.1 Å². The molecule has 138 valence electrons. The van der Waals surface area contributed by atoms with Gasteiger partial charge in [-0.15, -0.1) is 0 Å². The van der Waals surface area contributed by atoms with Crippen LogP contribution in [0.15, 0.2) is 48.5 Å². The van der Waals surface area contributed by atoms with Crippen molar-refractivity contribution in [2.75, 3.05) is 18.5 Å². The summed E-state index contributed by atoms with van der Waals surface area (Å²) >= 11 is 0. The van der Waals surface area contributed by atoms with Crippen molar-refractivity contribution in [3.05, 3.63) is 54.1 Å². The smallest absolute Gasteiger partial charge is 0.265 e. The monoisotopic (exact) mass is 355 g/mol. The topological polar surface area (TPSA) is 56.8 Å². The van der Waals surface area contributed by atoms with Crippen LogP contribution in [-0.2, 0) is 9.53 Å². The molecule has 1 aliphatic heterocycles. The predicted octanol–water partition coefficient (Wildman–Crippen LogP) is 3.96. The molecule has 0 saturated carbocycles. The molecule has 5 heteroatoms. The van der Waals surface area contributed by atoms with Crippen molar-refractivity contribution < 1.29 is 19.0 Å². The molecular formula is C21H25NO4. The molecule has 3 rings (SSSR count). The third-order valence-corrected chi connectivity index (χ3v) is 4.26. The van der Waals surface area contributed by atoms with Crippen LogP contribution in [0.2, 0.25) is 0 Å². The number of carbonyl (C=O) groups is 1. The van der Waals surface area contributed by atoms with E-state index >= 15 is 0 Å². The van der Waals surface area contributed by atoms with E-state index in [1.54, 1.807) is 6.92 Å². The lowest BCUT2D eigenvalue weighted by Crippen LogP contribution is -2.30. The van der Waals surface area contributed by atoms with Crippen molar-refractivity contribution in [2.24, 2.45) is 0 Å². The standard InChI is InChI=1S/C21H25NO4/c1-15-8-10-18(11-9-15)26-16(2)21(23)22-17-5-3-6-19(13-17)25-14-20-7-4-12-24-20/h3,5-6,8-11,13,16,20H,4,7,12,14H2,1-2H3,(H,22,23). The molecule has 0 bridgehead atoms. The van der Waals surface area contributed by atoms with Gasteiger partial charge in [-0.05, 0) is 51.0 Å². The summed E-state index contributed by atoms with van der Waals surface area (Å²) in [6, 6.07) is 15.0. The summed E-state index contributed by atoms with van der Waals surface area (Å²) in [6.07, 6.45) is 1.68. The third kappa shape index (κ3) is 5.23. The average molecular weight is 355 g/mol. The second-order valence-electron chi connectivity index (χ2n) is 6.54. The Bertz CT molecular complexity index is 723. The molecule has 1 aliphatic rings. The molecule has 0 spiro atoms. The van der Waals surface area contributed by atoms with Crippen LogP contribution < -0.4 is 14.8 Å². The fraction of sp³-hybridized carbons (Fsp3) is 0.381. The van der Waals surface area contributed by atoms with Gasteiger partial charge in [-0.2, -0.15) is 0 Å². The minimum atomic E-state index is -0.603. The molecule has 2 unspecified atom stereocenters. The van der Waals surface area contributed by atoms with Crippen LogP contribution in [0.25, 0.3) is 0 Å². The van der Waals surface area contributed by atoms with Crippen molar-refractivity contribution in [3.63, 3.8) is 0 Å². The Morgan fingerprint density at radius 3 is 2.77 bits per heavy atom. The second-order valence-corrected chi connectivity index (χ2v) is 6.54. The number of aryl methyl sites for hydroxylation is 1. The Balaban J connectivity index is 1.52. The molecule has 1 saturated heterocycles. The molecule has 1 heterocycles. The largest absolute Gasteiger partial charge is 0.491 e. The molecule has 2 aromatic rings. The Kier molecular flexibility index (Phi) is 6.12. The molecule has 2 atom stereocenters. The maximum atomic E-state index is 12.4. The molecular weight excluding hydrogens is 330 g/mol. The van der Waals surface area contributed by atoms with Crippen LogP contribution in [0.4, 0.5) is 5.69 Å². The van der Waals surface area contributed by atoms with E-state index in [1.807, 2.05) is 55.5 Å². The van der Waals surface area contributed by atoms with Gasteiger partial charge in [0.2, 0.25) is 0 Å². The summed E-state index contributed by atoms with van der Waals surface area (Å²) in [6.45, 7) is 5.08. The fourth-order valence-electron chi connectivity index (χ4n) is 2.75. The molecule has 0 aromatic heterocycles. The number of anilines is 1. The Morgan fingerprint density at radius 1 is 1.23 bits per heavy atom. The van der Waals surface area contributed by atoms with Gasteiger partial charge in [-0.1, -0.05) is 23.8 Å². The first-order valence-electron chi connectivity index (χ1n) is 8.99. The van der Waals surface area contributed by atoms with Crippen LogP contribution in [0, 0.1) is 6.92 Å². The Labute approximate surface area is 154 Å². The number of hydrogen-bond acceptors (Lipinski definition) is 4. The maximum Gasteiger partial charge on any atom is 0.265 e. The lowest BCUT2D eigenvalue weighted by molar-refractivity contribution is -0.122. The first kappa shape index (κ1) is 18.3. The van der Waals surface area contributed by atoms with E-state index in [4.69, 9.17) is 14.2 Å². The summed E-state index contributed by atoms with van der Waals surface area (Å²) in [5.41, 5.74) is 1.83. The van der Waals surface area contributed by atoms with Gasteiger partial charge >= 0.3 is 0 Å². The lowest BCUT2D eigenvalue weighted by atomic mass is 10.2. The summed E-state index contributed by atoms with van der Waals surface area (Å²) < 4.78 is 17.0. The number of ether oxygens (including phenoxy) is 3. The summed E-state index contributed by atoms with van der Waals surface area (Å²) in [4.78, 5) is 12.4. The summed E-state index contributed by atoms with van der Waals surface area (Å²) in [5.74, 6) is 1.18. The van der Waals surface area contributed by atoms with Crippen LogP contribution in [0.1, 0.15) is 25.3 Å². The maximum absolute atomic E-state index is 12.4. The SMILES string of the molecule is Cc1ccc(OC(C)C(=O)Nc2cccc(OCC3CCCO3)c2)cc1. The highest BCUT2D eigenvalue weighted by molar-refractivity contribution is 5.94. The van der Waals surface area contributed by atoms with Crippen LogP contribution >= 0.6 is 0 Å². The number of rotatable bonds is 7. The number of nitrogens with one attached hydrogen (secondary N) is 1. The van der Waals surface area contributed by atoms with Crippen molar-refractivity contribution in [1.82, 2.24) is 0 Å². The molecule has 2 aromatic carbocycles. The van der Waals surface area contributed by atoms with E-state index in [0.29, 0.717) is 23.8 Å². The highest BCUT2D eigenvalue weighted by Crippen LogP contribution is 2.20. The second kappa shape index (κ2) is 8.72. The van der Waals surface area contributed by atoms with E-state index < -0.39 is 6.10 Å². The average Bonchev–Trinajstić information content (AvgIpc) is 3.16. The fourth-order valence-corrected chi connectivity index (χ4v) is 2.75. The van der Waals surface area contributed by atoms with Gasteiger partial charge in [0.25, 0.3) is 5.91 Å². The van der Waals surface area contributed by atoms with Crippen LogP contribution in [-0.4, -0.2) is 31.3 Å². The molecule has 0 aliphatic carbocycles. The molecule has 26 heavy (non-hydrogen) atoms. The zero-order chi connectivity index (χ0) is 18.4. The zero-order valence-corrected chi connectivity index (χ0v) is 15.2. The van der Waals surface area contributed by atoms with Gasteiger partial charge < -0.3 is 19.5 Å². The lowest BCUT2D eigenvalue weighted by Gasteiger charge is -2.16. The highest BCUT2D eigenvalue weighted by Gasteiger charge is 2.17. The summed E-state index contributed by atoms with van der Waals surface area (Å²) in [5, 5.41) is 2.87. The van der Waals surface area contributed by atoms with Crippen molar-refractivity contribution in [1.29, 1.82) is 0 Å². The van der Waals surface area contributed by atoms with E-state index in [2.05, 4.69) is 5.32 Å². The van der Waals surface area contributed by atoms with E-state index in [0.717, 1.165) is 25.0 Å². The normalized spacial score (nSPS) is 17.5. The number of hydrogen-bond donors (Lipinski definition) is 1. The van der Waals surface area contributed by atoms with Gasteiger partial charge in [0, 0.05) is 18.4 Å². The molecule has 1 fully saturated rings. The number of amides is 1. The first-order valence-corrected chi connectivity index (χ1v) is 8.99. The molecule has 5 nitrogen and oxygen atoms in total. The van der Waals surface area contributed by atoms with Crippen molar-refractivity contribution >= 4 is 11.6 Å². The minimum absolute atomic E-state index is 0.163.